The molecule has 0 radical (unpaired) electrons. The highest BCUT2D eigenvalue weighted by molar-refractivity contribution is 7.12. The van der Waals surface area contributed by atoms with E-state index in [1.54, 1.807) is 43.7 Å². The Morgan fingerprint density at radius 2 is 1.70 bits per heavy atom. The van der Waals surface area contributed by atoms with E-state index in [2.05, 4.69) is 10.6 Å². The Morgan fingerprint density at radius 1 is 1.03 bits per heavy atom. The van der Waals surface area contributed by atoms with Gasteiger partial charge >= 0.3 is 0 Å². The summed E-state index contributed by atoms with van der Waals surface area (Å²) in [4.78, 5) is 41.1. The highest BCUT2D eigenvalue weighted by Gasteiger charge is 2.32. The van der Waals surface area contributed by atoms with Crippen molar-refractivity contribution in [2.45, 2.75) is 47.1 Å². The minimum absolute atomic E-state index is 0.156. The number of ketones is 1. The number of thiophene rings is 1. The minimum atomic E-state index is -0.740. The number of carbonyl (C=O) groups excluding carboxylic acids is 3. The van der Waals surface area contributed by atoms with Gasteiger partial charge in [-0.1, -0.05) is 0 Å². The van der Waals surface area contributed by atoms with E-state index in [9.17, 15) is 18.8 Å². The minimum Gasteiger partial charge on any atom is -0.344 e. The normalized spacial score (nSPS) is 11.4. The van der Waals surface area contributed by atoms with Gasteiger partial charge in [-0.2, -0.15) is 0 Å². The molecule has 0 unspecified atom stereocenters. The SMILES string of the molecule is Cc1ccc(C(C)(C)NC(=O)C(=O)c2c(C)c(C(=O)Nc3ccc(F)c(C)c3)c(C)n2C)s1. The van der Waals surface area contributed by atoms with Gasteiger partial charge in [-0.3, -0.25) is 14.4 Å². The van der Waals surface area contributed by atoms with Crippen LogP contribution in [0.3, 0.4) is 0 Å². The Morgan fingerprint density at radius 3 is 2.27 bits per heavy atom. The standard InChI is InChI=1S/C25H28FN3O3S/c1-13-12-17(9-10-18(13)26)27-23(31)20-15(3)21(29(7)16(20)4)22(30)24(32)28-25(5,6)19-11-8-14(2)33-19/h8-12H,1-7H3,(H,27,31)(H,28,32). The summed E-state index contributed by atoms with van der Waals surface area (Å²) in [6.07, 6.45) is 0. The van der Waals surface area contributed by atoms with Gasteiger partial charge in [-0.05, 0) is 83.0 Å². The van der Waals surface area contributed by atoms with Crippen molar-refractivity contribution < 1.29 is 18.8 Å². The number of nitrogens with zero attached hydrogens (tertiary/aromatic N) is 1. The molecule has 33 heavy (non-hydrogen) atoms. The highest BCUT2D eigenvalue weighted by atomic mass is 32.1. The first kappa shape index (κ1) is 24.4. The number of aryl methyl sites for hydroxylation is 2. The molecule has 0 atom stereocenters. The van der Waals surface area contributed by atoms with E-state index in [-0.39, 0.29) is 11.5 Å². The molecule has 0 aliphatic heterocycles. The molecule has 0 spiro atoms. The fourth-order valence-electron chi connectivity index (χ4n) is 3.83. The van der Waals surface area contributed by atoms with Crippen LogP contribution in [0.1, 0.15) is 61.3 Å². The number of nitrogens with one attached hydrogen (secondary N) is 2. The number of carbonyl (C=O) groups is 3. The van der Waals surface area contributed by atoms with E-state index in [0.717, 1.165) is 9.75 Å². The molecule has 3 rings (SSSR count). The van der Waals surface area contributed by atoms with Crippen molar-refractivity contribution >= 4 is 34.6 Å². The quantitative estimate of drug-likeness (QED) is 0.396. The van der Waals surface area contributed by atoms with Crippen molar-refractivity contribution in [3.8, 4) is 0 Å². The molecule has 3 aromatic rings. The highest BCUT2D eigenvalue weighted by Crippen LogP contribution is 2.28. The van der Waals surface area contributed by atoms with Crippen LogP contribution in [-0.2, 0) is 17.4 Å². The first-order chi connectivity index (χ1) is 15.3. The average molecular weight is 470 g/mol. The van der Waals surface area contributed by atoms with Crippen molar-refractivity contribution in [3.05, 3.63) is 74.0 Å². The third-order valence-electron chi connectivity index (χ3n) is 5.78. The third kappa shape index (κ3) is 4.75. The molecule has 0 aliphatic rings. The molecule has 2 N–H and O–H groups in total. The maximum Gasteiger partial charge on any atom is 0.294 e. The van der Waals surface area contributed by atoms with Crippen LogP contribution in [0.15, 0.2) is 30.3 Å². The summed E-state index contributed by atoms with van der Waals surface area (Å²) in [6.45, 7) is 10.6. The number of hydrogen-bond acceptors (Lipinski definition) is 4. The number of hydrogen-bond donors (Lipinski definition) is 2. The number of halogens is 1. The molecule has 0 bridgehead atoms. The molecule has 174 valence electrons. The Hall–Kier alpha value is -3.26. The van der Waals surface area contributed by atoms with Crippen LogP contribution in [0.2, 0.25) is 0 Å². The maximum absolute atomic E-state index is 13.5. The smallest absolute Gasteiger partial charge is 0.294 e. The van der Waals surface area contributed by atoms with Crippen molar-refractivity contribution in [2.24, 2.45) is 7.05 Å². The van der Waals surface area contributed by atoms with Crippen LogP contribution < -0.4 is 10.6 Å². The lowest BCUT2D eigenvalue weighted by Gasteiger charge is -2.24. The zero-order valence-corrected chi connectivity index (χ0v) is 20.7. The van der Waals surface area contributed by atoms with Gasteiger partial charge in [0.15, 0.2) is 0 Å². The molecule has 0 aliphatic carbocycles. The molecule has 0 fully saturated rings. The van der Waals surface area contributed by atoms with Crippen LogP contribution in [0.4, 0.5) is 10.1 Å². The fraction of sp³-hybridized carbons (Fsp3) is 0.320. The topological polar surface area (TPSA) is 80.2 Å². The zero-order chi connectivity index (χ0) is 24.7. The van der Waals surface area contributed by atoms with Crippen LogP contribution in [0.25, 0.3) is 0 Å². The molecule has 1 aromatic carbocycles. The Labute approximate surface area is 196 Å². The van der Waals surface area contributed by atoms with Gasteiger partial charge in [0, 0.05) is 28.2 Å². The number of anilines is 1. The lowest BCUT2D eigenvalue weighted by atomic mass is 10.0. The van der Waals surface area contributed by atoms with Crippen LogP contribution in [0, 0.1) is 33.5 Å². The Bertz CT molecular complexity index is 1270. The summed E-state index contributed by atoms with van der Waals surface area (Å²) in [5.41, 5.74) is 1.56. The fourth-order valence-corrected chi connectivity index (χ4v) is 4.76. The molecular formula is C25H28FN3O3S. The molecule has 8 heteroatoms. The lowest BCUT2D eigenvalue weighted by Crippen LogP contribution is -2.44. The predicted octanol–water partition coefficient (Wildman–Crippen LogP) is 4.95. The zero-order valence-electron chi connectivity index (χ0n) is 19.8. The van der Waals surface area contributed by atoms with Gasteiger partial charge in [-0.15, -0.1) is 11.3 Å². The van der Waals surface area contributed by atoms with Gasteiger partial charge in [0.25, 0.3) is 17.6 Å². The molecule has 2 aromatic heterocycles. The summed E-state index contributed by atoms with van der Waals surface area (Å²) >= 11 is 1.56. The van der Waals surface area contributed by atoms with Crippen molar-refractivity contribution in [3.63, 3.8) is 0 Å². The van der Waals surface area contributed by atoms with E-state index in [4.69, 9.17) is 0 Å². The molecule has 2 heterocycles. The summed E-state index contributed by atoms with van der Waals surface area (Å²) in [5.74, 6) is -2.24. The second-order valence-corrected chi connectivity index (χ2v) is 10.0. The van der Waals surface area contributed by atoms with Crippen molar-refractivity contribution in [1.82, 2.24) is 9.88 Å². The van der Waals surface area contributed by atoms with Crippen LogP contribution in [0.5, 0.6) is 0 Å². The van der Waals surface area contributed by atoms with Crippen molar-refractivity contribution in [2.75, 3.05) is 5.32 Å². The molecule has 0 saturated heterocycles. The van der Waals surface area contributed by atoms with Gasteiger partial charge in [-0.25, -0.2) is 4.39 Å². The number of benzene rings is 1. The lowest BCUT2D eigenvalue weighted by molar-refractivity contribution is -0.118. The van der Waals surface area contributed by atoms with E-state index < -0.39 is 23.1 Å². The van der Waals surface area contributed by atoms with Crippen LogP contribution in [-0.4, -0.2) is 22.2 Å². The first-order valence-corrected chi connectivity index (χ1v) is 11.3. The van der Waals surface area contributed by atoms with E-state index in [1.165, 1.54) is 18.2 Å². The summed E-state index contributed by atoms with van der Waals surface area (Å²) in [6, 6.07) is 8.19. The van der Waals surface area contributed by atoms with Crippen molar-refractivity contribution in [1.29, 1.82) is 0 Å². The summed E-state index contributed by atoms with van der Waals surface area (Å²) < 4.78 is 15.1. The number of Topliss-reactive ketones (excluding diaryl/α,β-unsaturated/α-hetero) is 1. The molecule has 2 amide bonds. The monoisotopic (exact) mass is 469 g/mol. The Balaban J connectivity index is 1.87. The summed E-state index contributed by atoms with van der Waals surface area (Å²) in [7, 11) is 1.65. The van der Waals surface area contributed by atoms with E-state index in [0.29, 0.717) is 28.1 Å². The third-order valence-corrected chi connectivity index (χ3v) is 7.10. The van der Waals surface area contributed by atoms with E-state index >= 15 is 0 Å². The predicted molar refractivity (Wildman–Crippen MR) is 129 cm³/mol. The molecule has 0 saturated carbocycles. The second-order valence-electron chi connectivity index (χ2n) is 8.73. The maximum atomic E-state index is 13.5. The largest absolute Gasteiger partial charge is 0.344 e. The molecular weight excluding hydrogens is 441 g/mol. The average Bonchev–Trinajstić information content (AvgIpc) is 3.26. The van der Waals surface area contributed by atoms with Crippen LogP contribution >= 0.6 is 11.3 Å². The summed E-state index contributed by atoms with van der Waals surface area (Å²) in [5, 5.41) is 5.57. The van der Waals surface area contributed by atoms with E-state index in [1.807, 2.05) is 32.9 Å². The van der Waals surface area contributed by atoms with Gasteiger partial charge in [0.05, 0.1) is 16.8 Å². The molecule has 6 nitrogen and oxygen atoms in total. The number of rotatable bonds is 6. The number of aromatic nitrogens is 1. The second kappa shape index (κ2) is 8.94. The van der Waals surface area contributed by atoms with Gasteiger partial charge in [0.2, 0.25) is 0 Å². The first-order valence-electron chi connectivity index (χ1n) is 10.5. The van der Waals surface area contributed by atoms with Gasteiger partial charge < -0.3 is 15.2 Å². The Kier molecular flexibility index (Phi) is 6.61. The van der Waals surface area contributed by atoms with Gasteiger partial charge in [0.1, 0.15) is 5.82 Å². The number of amides is 2.